The van der Waals surface area contributed by atoms with Crippen LogP contribution in [0.3, 0.4) is 0 Å². The Kier molecular flexibility index (Phi) is 6.76. The van der Waals surface area contributed by atoms with Gasteiger partial charge < -0.3 is 13.7 Å². The number of hydrogen-bond donors (Lipinski definition) is 0. The Labute approximate surface area is 366 Å². The smallest absolute Gasteiger partial charge is 0.255 e. The van der Waals surface area contributed by atoms with Crippen LogP contribution in [-0.2, 0) is 5.41 Å². The van der Waals surface area contributed by atoms with Gasteiger partial charge in [0, 0.05) is 66.0 Å². The molecule has 0 atom stereocenters. The van der Waals surface area contributed by atoms with E-state index in [9.17, 15) is 0 Å². The number of hydrogen-bond acceptors (Lipinski definition) is 4. The van der Waals surface area contributed by atoms with Crippen LogP contribution in [0.15, 0.2) is 173 Å². The summed E-state index contributed by atoms with van der Waals surface area (Å²) in [4.78, 5) is 5.14. The monoisotopic (exact) mass is 827 g/mol. The van der Waals surface area contributed by atoms with Crippen molar-refractivity contribution in [3.8, 4) is 5.69 Å². The number of aromatic nitrogens is 1. The molecule has 0 spiro atoms. The molecule has 0 fully saturated rings. The highest BCUT2D eigenvalue weighted by Crippen LogP contribution is 2.50. The number of benzene rings is 8. The number of fused-ring (bicyclic) bond motifs is 16. The van der Waals surface area contributed by atoms with Crippen LogP contribution in [0.5, 0.6) is 0 Å². The molecule has 0 saturated heterocycles. The van der Waals surface area contributed by atoms with Gasteiger partial charge in [0.2, 0.25) is 0 Å². The molecule has 0 radical (unpaired) electrons. The fourth-order valence-electron chi connectivity index (χ4n) is 11.7. The van der Waals surface area contributed by atoms with Gasteiger partial charge in [0.15, 0.2) is 0 Å². The zero-order valence-corrected chi connectivity index (χ0v) is 36.8. The molecule has 63 heavy (non-hydrogen) atoms. The van der Waals surface area contributed by atoms with Gasteiger partial charge in [-0.25, -0.2) is 0 Å². The predicted octanol–water partition coefficient (Wildman–Crippen LogP) is 11.9. The van der Waals surface area contributed by atoms with Gasteiger partial charge in [-0.05, 0) is 99.5 Å². The number of anilines is 6. The highest BCUT2D eigenvalue weighted by molar-refractivity contribution is 7.08. The van der Waals surface area contributed by atoms with Gasteiger partial charge in [0.25, 0.3) is 6.71 Å². The molecule has 14 rings (SSSR count). The Bertz CT molecular complexity index is 3780. The van der Waals surface area contributed by atoms with Crippen molar-refractivity contribution in [3.05, 3.63) is 169 Å². The Morgan fingerprint density at radius 2 is 1.11 bits per heavy atom. The number of para-hydroxylation sites is 4. The molecule has 0 unspecified atom stereocenters. The molecule has 300 valence electrons. The SMILES string of the molecule is CC(C)(C)c1ccc(N2c3cccc4c3B(c3cc5c(oc6ccccc65)c5c3N4c3ccc4c(oc6ccccc64)c3[Si]5(C)C)c3c2n(-c2ccccc2)c2ccccc32)cc1. The van der Waals surface area contributed by atoms with Crippen molar-refractivity contribution in [2.24, 2.45) is 0 Å². The Hall–Kier alpha value is -7.22. The third kappa shape index (κ3) is 4.47. The zero-order valence-electron chi connectivity index (χ0n) is 35.8. The maximum atomic E-state index is 7.11. The van der Waals surface area contributed by atoms with Crippen molar-refractivity contribution < 1.29 is 8.83 Å². The number of nitrogens with zero attached hydrogens (tertiary/aromatic N) is 3. The van der Waals surface area contributed by atoms with E-state index in [2.05, 4.69) is 212 Å². The van der Waals surface area contributed by atoms with Gasteiger partial charge in [-0.3, -0.25) is 9.47 Å². The second kappa shape index (κ2) is 12.0. The summed E-state index contributed by atoms with van der Waals surface area (Å²) in [6.45, 7) is 11.8. The third-order valence-electron chi connectivity index (χ3n) is 14.4. The summed E-state index contributed by atoms with van der Waals surface area (Å²) in [5.74, 6) is 1.18. The Morgan fingerprint density at radius 1 is 0.492 bits per heavy atom. The van der Waals surface area contributed by atoms with Crippen LogP contribution in [-0.4, -0.2) is 19.4 Å². The summed E-state index contributed by atoms with van der Waals surface area (Å²) in [6, 6.07) is 60.5. The average Bonchev–Trinajstić information content (AvgIpc) is 3.97. The molecule has 0 aliphatic carbocycles. The van der Waals surface area contributed by atoms with E-state index in [1.165, 1.54) is 82.6 Å². The summed E-state index contributed by atoms with van der Waals surface area (Å²) in [5.41, 5.74) is 17.4. The minimum absolute atomic E-state index is 0.0234. The number of rotatable bonds is 2. The van der Waals surface area contributed by atoms with Gasteiger partial charge in [-0.2, -0.15) is 0 Å². The van der Waals surface area contributed by atoms with Gasteiger partial charge in [0.1, 0.15) is 36.2 Å². The van der Waals surface area contributed by atoms with E-state index < -0.39 is 8.07 Å². The average molecular weight is 828 g/mol. The maximum Gasteiger partial charge on any atom is 0.255 e. The van der Waals surface area contributed by atoms with E-state index in [-0.39, 0.29) is 12.1 Å². The molecule has 0 bridgehead atoms. The van der Waals surface area contributed by atoms with Crippen molar-refractivity contribution >= 4 is 131 Å². The van der Waals surface area contributed by atoms with E-state index in [4.69, 9.17) is 8.83 Å². The van der Waals surface area contributed by atoms with E-state index in [0.717, 1.165) is 44.5 Å². The first kappa shape index (κ1) is 35.4. The van der Waals surface area contributed by atoms with Crippen LogP contribution >= 0.6 is 0 Å². The second-order valence-electron chi connectivity index (χ2n) is 19.3. The molecule has 3 aliphatic rings. The van der Waals surface area contributed by atoms with Gasteiger partial charge in [-0.15, -0.1) is 0 Å². The van der Waals surface area contributed by atoms with E-state index in [1.54, 1.807) is 0 Å². The molecular formula is C56H42BN3O2Si. The molecule has 3 aliphatic heterocycles. The van der Waals surface area contributed by atoms with Crippen LogP contribution in [0.4, 0.5) is 34.3 Å². The minimum atomic E-state index is -2.63. The third-order valence-corrected chi connectivity index (χ3v) is 17.9. The summed E-state index contributed by atoms with van der Waals surface area (Å²) < 4.78 is 16.6. The summed E-state index contributed by atoms with van der Waals surface area (Å²) >= 11 is 0. The predicted molar refractivity (Wildman–Crippen MR) is 267 cm³/mol. The van der Waals surface area contributed by atoms with Crippen molar-refractivity contribution in [3.63, 3.8) is 0 Å². The summed E-state index contributed by atoms with van der Waals surface area (Å²) in [6.07, 6.45) is 0. The zero-order chi connectivity index (χ0) is 42.1. The van der Waals surface area contributed by atoms with Crippen LogP contribution in [0.1, 0.15) is 26.3 Å². The van der Waals surface area contributed by atoms with Crippen molar-refractivity contribution in [2.45, 2.75) is 39.3 Å². The van der Waals surface area contributed by atoms with Gasteiger partial charge in [-0.1, -0.05) is 131 Å². The van der Waals surface area contributed by atoms with Crippen molar-refractivity contribution in [2.75, 3.05) is 9.80 Å². The summed E-state index contributed by atoms with van der Waals surface area (Å²) in [5, 5.41) is 8.54. The van der Waals surface area contributed by atoms with Crippen LogP contribution in [0.25, 0.3) is 60.5 Å². The maximum absolute atomic E-state index is 7.11. The molecule has 0 amide bonds. The molecule has 5 nitrogen and oxygen atoms in total. The van der Waals surface area contributed by atoms with E-state index >= 15 is 0 Å². The topological polar surface area (TPSA) is 37.7 Å². The van der Waals surface area contributed by atoms with Gasteiger partial charge in [0.05, 0.1) is 5.52 Å². The molecule has 3 aromatic heterocycles. The fraction of sp³-hybridized carbons (Fsp3) is 0.107. The highest BCUT2D eigenvalue weighted by atomic mass is 28.3. The minimum Gasteiger partial charge on any atom is -0.456 e. The van der Waals surface area contributed by atoms with Crippen LogP contribution < -0.4 is 36.6 Å². The largest absolute Gasteiger partial charge is 0.456 e. The number of furan rings is 2. The molecule has 0 N–H and O–H groups in total. The van der Waals surface area contributed by atoms with Crippen LogP contribution in [0.2, 0.25) is 13.1 Å². The van der Waals surface area contributed by atoms with Crippen molar-refractivity contribution in [1.29, 1.82) is 0 Å². The molecular weight excluding hydrogens is 786 g/mol. The Balaban J connectivity index is 1.17. The van der Waals surface area contributed by atoms with Crippen molar-refractivity contribution in [1.82, 2.24) is 4.57 Å². The molecule has 11 aromatic rings. The first-order valence-corrected chi connectivity index (χ1v) is 25.1. The second-order valence-corrected chi connectivity index (χ2v) is 23.5. The highest BCUT2D eigenvalue weighted by Gasteiger charge is 2.52. The first-order chi connectivity index (χ1) is 30.7. The molecule has 6 heterocycles. The normalized spacial score (nSPS) is 14.8. The van der Waals surface area contributed by atoms with E-state index in [0.29, 0.717) is 0 Å². The standard InChI is InChI=1S/C56H42BN3O2Si/c1-56(2,3)33-26-28-35(29-27-33)59-43-22-15-23-44-49(43)57(48-39-20-9-12-21-42(39)58(55(48)59)34-16-7-6-8-17-34)41-32-40-37-19-11-14-25-47(37)62-52(40)54-50(41)60(44)45-31-30-38-36-18-10-13-24-46(36)61-51(38)53(45)63(54,4)5/h6-32H,1-5H3. The Morgan fingerprint density at radius 3 is 1.83 bits per heavy atom. The lowest BCUT2D eigenvalue weighted by molar-refractivity contribution is 0.590. The fourth-order valence-corrected chi connectivity index (χ4v) is 15.2. The van der Waals surface area contributed by atoms with Gasteiger partial charge >= 0.3 is 0 Å². The summed E-state index contributed by atoms with van der Waals surface area (Å²) in [7, 11) is -2.63. The molecule has 7 heteroatoms. The quantitative estimate of drug-likeness (QED) is 0.163. The lowest BCUT2D eigenvalue weighted by Gasteiger charge is -2.48. The lowest BCUT2D eigenvalue weighted by atomic mass is 9.33. The molecule has 0 saturated carbocycles. The van der Waals surface area contributed by atoms with Crippen LogP contribution in [0, 0.1) is 0 Å². The molecule has 8 aromatic carbocycles. The lowest BCUT2D eigenvalue weighted by Crippen LogP contribution is -2.67. The van der Waals surface area contributed by atoms with E-state index in [1.807, 2.05) is 0 Å². The first-order valence-electron chi connectivity index (χ1n) is 22.1.